The average Bonchev–Trinajstić information content (AvgIpc) is 2.32. The standard InChI is InChI=1S/C15H22O3/c1-15(2)8-6-11(4-3-5-14(16)17)12-7-9-18-10-13(12)15/h7,9,11H,3-6,8,10H2,1-2H3,(H,16,17). The summed E-state index contributed by atoms with van der Waals surface area (Å²) in [6, 6.07) is 0. The van der Waals surface area contributed by atoms with Gasteiger partial charge in [-0.1, -0.05) is 13.8 Å². The van der Waals surface area contributed by atoms with Crippen LogP contribution >= 0.6 is 0 Å². The lowest BCUT2D eigenvalue weighted by molar-refractivity contribution is -0.137. The zero-order valence-electron chi connectivity index (χ0n) is 11.2. The van der Waals surface area contributed by atoms with E-state index in [2.05, 4.69) is 19.9 Å². The van der Waals surface area contributed by atoms with Crippen molar-refractivity contribution in [1.82, 2.24) is 0 Å². The van der Waals surface area contributed by atoms with Crippen molar-refractivity contribution in [3.8, 4) is 0 Å². The fourth-order valence-corrected chi connectivity index (χ4v) is 3.05. The van der Waals surface area contributed by atoms with Gasteiger partial charge in [-0.05, 0) is 54.2 Å². The van der Waals surface area contributed by atoms with E-state index < -0.39 is 5.97 Å². The number of hydrogen-bond donors (Lipinski definition) is 1. The lowest BCUT2D eigenvalue weighted by Crippen LogP contribution is -2.29. The Kier molecular flexibility index (Phi) is 3.79. The summed E-state index contributed by atoms with van der Waals surface area (Å²) in [5, 5.41) is 8.71. The van der Waals surface area contributed by atoms with Gasteiger partial charge in [0.2, 0.25) is 0 Å². The topological polar surface area (TPSA) is 46.5 Å². The Morgan fingerprint density at radius 1 is 1.56 bits per heavy atom. The first-order valence-electron chi connectivity index (χ1n) is 6.74. The lowest BCUT2D eigenvalue weighted by Gasteiger charge is -2.39. The molecule has 1 N–H and O–H groups in total. The molecule has 0 aromatic heterocycles. The predicted molar refractivity (Wildman–Crippen MR) is 70.1 cm³/mol. The summed E-state index contributed by atoms with van der Waals surface area (Å²) >= 11 is 0. The van der Waals surface area contributed by atoms with Gasteiger partial charge in [-0.3, -0.25) is 4.79 Å². The van der Waals surface area contributed by atoms with Crippen LogP contribution in [0.2, 0.25) is 0 Å². The zero-order chi connectivity index (χ0) is 13.2. The molecule has 0 amide bonds. The van der Waals surface area contributed by atoms with E-state index in [1.165, 1.54) is 17.6 Å². The number of rotatable bonds is 4. The van der Waals surface area contributed by atoms with Crippen molar-refractivity contribution in [1.29, 1.82) is 0 Å². The van der Waals surface area contributed by atoms with Gasteiger partial charge in [-0.25, -0.2) is 0 Å². The van der Waals surface area contributed by atoms with E-state index >= 15 is 0 Å². The maximum Gasteiger partial charge on any atom is 0.303 e. The Hall–Kier alpha value is -1.25. The molecule has 1 aliphatic carbocycles. The van der Waals surface area contributed by atoms with Gasteiger partial charge in [0.05, 0.1) is 6.26 Å². The first kappa shape index (κ1) is 13.2. The Morgan fingerprint density at radius 2 is 2.33 bits per heavy atom. The summed E-state index contributed by atoms with van der Waals surface area (Å²) in [7, 11) is 0. The van der Waals surface area contributed by atoms with Crippen molar-refractivity contribution in [2.45, 2.75) is 46.0 Å². The summed E-state index contributed by atoms with van der Waals surface area (Å²) in [5.41, 5.74) is 3.04. The molecule has 3 heteroatoms. The minimum Gasteiger partial charge on any atom is -0.497 e. The predicted octanol–water partition coefficient (Wildman–Crippen LogP) is 3.52. The highest BCUT2D eigenvalue weighted by atomic mass is 16.5. The molecule has 0 bridgehead atoms. The van der Waals surface area contributed by atoms with Crippen LogP contribution in [0.25, 0.3) is 0 Å². The maximum atomic E-state index is 10.6. The van der Waals surface area contributed by atoms with Gasteiger partial charge in [0.1, 0.15) is 6.61 Å². The highest BCUT2D eigenvalue weighted by molar-refractivity contribution is 5.66. The Labute approximate surface area is 109 Å². The van der Waals surface area contributed by atoms with Crippen LogP contribution in [0, 0.1) is 11.3 Å². The third-order valence-corrected chi connectivity index (χ3v) is 4.24. The second-order valence-electron chi connectivity index (χ2n) is 5.95. The number of hydrogen-bond acceptors (Lipinski definition) is 2. The minimum atomic E-state index is -0.692. The molecule has 18 heavy (non-hydrogen) atoms. The first-order valence-corrected chi connectivity index (χ1v) is 6.74. The molecule has 2 aliphatic rings. The molecule has 1 heterocycles. The SMILES string of the molecule is CC1(C)CCC(CCCC(=O)O)C2=C1COC=C2. The monoisotopic (exact) mass is 250 g/mol. The van der Waals surface area contributed by atoms with Crippen LogP contribution in [0.15, 0.2) is 23.5 Å². The zero-order valence-corrected chi connectivity index (χ0v) is 11.2. The largest absolute Gasteiger partial charge is 0.497 e. The van der Waals surface area contributed by atoms with Gasteiger partial charge in [0.15, 0.2) is 0 Å². The molecule has 3 nitrogen and oxygen atoms in total. The van der Waals surface area contributed by atoms with Gasteiger partial charge in [-0.2, -0.15) is 0 Å². The summed E-state index contributed by atoms with van der Waals surface area (Å²) < 4.78 is 5.43. The number of carboxylic acids is 1. The van der Waals surface area contributed by atoms with E-state index in [0.717, 1.165) is 19.3 Å². The normalized spacial score (nSPS) is 25.6. The minimum absolute atomic E-state index is 0.226. The fraction of sp³-hybridized carbons (Fsp3) is 0.667. The molecule has 0 aromatic carbocycles. The molecule has 1 unspecified atom stereocenters. The molecule has 0 aromatic rings. The van der Waals surface area contributed by atoms with Gasteiger partial charge in [0, 0.05) is 6.42 Å². The highest BCUT2D eigenvalue weighted by Gasteiger charge is 2.34. The van der Waals surface area contributed by atoms with Crippen LogP contribution in [0.4, 0.5) is 0 Å². The molecule has 0 radical (unpaired) electrons. The van der Waals surface area contributed by atoms with Gasteiger partial charge in [-0.15, -0.1) is 0 Å². The van der Waals surface area contributed by atoms with Crippen molar-refractivity contribution >= 4 is 5.97 Å². The molecule has 0 fully saturated rings. The number of aliphatic carboxylic acids is 1. The van der Waals surface area contributed by atoms with E-state index in [1.54, 1.807) is 6.26 Å². The van der Waals surface area contributed by atoms with Crippen molar-refractivity contribution in [3.63, 3.8) is 0 Å². The van der Waals surface area contributed by atoms with Crippen LogP contribution < -0.4 is 0 Å². The van der Waals surface area contributed by atoms with Gasteiger partial charge >= 0.3 is 5.97 Å². The van der Waals surface area contributed by atoms with E-state index in [1.807, 2.05) is 0 Å². The first-order chi connectivity index (χ1) is 8.50. The Morgan fingerprint density at radius 3 is 3.06 bits per heavy atom. The van der Waals surface area contributed by atoms with Crippen LogP contribution in [-0.4, -0.2) is 17.7 Å². The number of carbonyl (C=O) groups is 1. The molecular formula is C15H22O3. The summed E-state index contributed by atoms with van der Waals surface area (Å²) in [6.45, 7) is 5.25. The fourth-order valence-electron chi connectivity index (χ4n) is 3.05. The maximum absolute atomic E-state index is 10.6. The lowest BCUT2D eigenvalue weighted by atomic mass is 9.67. The van der Waals surface area contributed by atoms with Crippen molar-refractivity contribution < 1.29 is 14.6 Å². The van der Waals surface area contributed by atoms with Crippen molar-refractivity contribution in [2.24, 2.45) is 11.3 Å². The van der Waals surface area contributed by atoms with Crippen LogP contribution in [-0.2, 0) is 9.53 Å². The Balaban J connectivity index is 2.08. The van der Waals surface area contributed by atoms with Crippen LogP contribution in [0.3, 0.4) is 0 Å². The summed E-state index contributed by atoms with van der Waals surface area (Å²) in [5.74, 6) is -0.171. The van der Waals surface area contributed by atoms with Crippen molar-refractivity contribution in [2.75, 3.05) is 6.61 Å². The van der Waals surface area contributed by atoms with Gasteiger partial charge < -0.3 is 9.84 Å². The number of carboxylic acid groups (broad SMARTS) is 1. The molecule has 2 rings (SSSR count). The van der Waals surface area contributed by atoms with Gasteiger partial charge in [0.25, 0.3) is 0 Å². The third-order valence-electron chi connectivity index (χ3n) is 4.24. The van der Waals surface area contributed by atoms with E-state index in [4.69, 9.17) is 9.84 Å². The molecule has 100 valence electrons. The van der Waals surface area contributed by atoms with Crippen LogP contribution in [0.1, 0.15) is 46.0 Å². The quantitative estimate of drug-likeness (QED) is 0.830. The van der Waals surface area contributed by atoms with E-state index in [-0.39, 0.29) is 11.8 Å². The molecule has 0 spiro atoms. The smallest absolute Gasteiger partial charge is 0.303 e. The highest BCUT2D eigenvalue weighted by Crippen LogP contribution is 2.45. The number of ether oxygens (including phenoxy) is 1. The molecular weight excluding hydrogens is 228 g/mol. The molecule has 1 atom stereocenters. The number of allylic oxidation sites excluding steroid dienone is 2. The average molecular weight is 250 g/mol. The second kappa shape index (κ2) is 5.17. The summed E-state index contributed by atoms with van der Waals surface area (Å²) in [6.07, 6.45) is 8.23. The third kappa shape index (κ3) is 2.77. The molecule has 1 aliphatic heterocycles. The molecule has 0 saturated heterocycles. The van der Waals surface area contributed by atoms with E-state index in [9.17, 15) is 4.79 Å². The Bertz CT molecular complexity index is 391. The summed E-state index contributed by atoms with van der Waals surface area (Å²) in [4.78, 5) is 10.6. The van der Waals surface area contributed by atoms with Crippen molar-refractivity contribution in [3.05, 3.63) is 23.5 Å². The molecule has 0 saturated carbocycles. The second-order valence-corrected chi connectivity index (χ2v) is 5.95. The van der Waals surface area contributed by atoms with E-state index in [0.29, 0.717) is 12.5 Å². The van der Waals surface area contributed by atoms with Crippen LogP contribution in [0.5, 0.6) is 0 Å².